The van der Waals surface area contributed by atoms with E-state index in [4.69, 9.17) is 11.6 Å². The molecular weight excluding hydrogens is 240 g/mol. The van der Waals surface area contributed by atoms with Gasteiger partial charge in [0.25, 0.3) is 6.33 Å². The molecule has 0 radical (unpaired) electrons. The molecule has 0 unspecified atom stereocenters. The summed E-state index contributed by atoms with van der Waals surface area (Å²) in [5.74, 6) is 0. The zero-order valence-corrected chi connectivity index (χ0v) is 11.2. The van der Waals surface area contributed by atoms with E-state index in [1.165, 1.54) is 28.7 Å². The fourth-order valence-electron chi connectivity index (χ4n) is 2.56. The first-order chi connectivity index (χ1) is 7.50. The van der Waals surface area contributed by atoms with Crippen molar-refractivity contribution in [2.75, 3.05) is 0 Å². The number of hydrogen-bond acceptors (Lipinski definition) is 2. The van der Waals surface area contributed by atoms with E-state index in [9.17, 15) is 0 Å². The highest BCUT2D eigenvalue weighted by atomic mass is 35.5. The summed E-state index contributed by atoms with van der Waals surface area (Å²) in [7, 11) is 1.95. The maximum atomic E-state index is 6.41. The van der Waals surface area contributed by atoms with Crippen LogP contribution in [0.25, 0.3) is 10.2 Å². The average Bonchev–Trinajstić information content (AvgIpc) is 2.72. The van der Waals surface area contributed by atoms with Crippen LogP contribution in [0.5, 0.6) is 0 Å². The minimum atomic E-state index is 0.243. The normalized spacial score (nSPS) is 18.0. The van der Waals surface area contributed by atoms with Gasteiger partial charge in [0.15, 0.2) is 0 Å². The maximum absolute atomic E-state index is 6.41. The molecule has 0 bridgehead atoms. The lowest BCUT2D eigenvalue weighted by Crippen LogP contribution is -2.30. The molecular formula is C12H14ClN2S+. The van der Waals surface area contributed by atoms with Gasteiger partial charge in [0.1, 0.15) is 5.39 Å². The second kappa shape index (κ2) is 3.17. The van der Waals surface area contributed by atoms with E-state index in [2.05, 4.69) is 18.8 Å². The quantitative estimate of drug-likeness (QED) is 0.521. The number of fused-ring (bicyclic) bond motifs is 3. The Morgan fingerprint density at radius 3 is 3.00 bits per heavy atom. The van der Waals surface area contributed by atoms with Crippen molar-refractivity contribution in [3.8, 4) is 0 Å². The Bertz CT molecular complexity index is 586. The van der Waals surface area contributed by atoms with Gasteiger partial charge in [0.2, 0.25) is 9.98 Å². The molecule has 2 nitrogen and oxygen atoms in total. The molecule has 0 aliphatic heterocycles. The highest BCUT2D eigenvalue weighted by Gasteiger charge is 2.36. The Kier molecular flexibility index (Phi) is 2.08. The first kappa shape index (κ1) is 10.5. The molecule has 0 atom stereocenters. The highest BCUT2D eigenvalue weighted by molar-refractivity contribution is 7.19. The number of rotatable bonds is 0. The van der Waals surface area contributed by atoms with Crippen molar-refractivity contribution in [2.24, 2.45) is 7.05 Å². The molecule has 2 aromatic rings. The second-order valence-corrected chi connectivity index (χ2v) is 6.55. The van der Waals surface area contributed by atoms with E-state index < -0.39 is 0 Å². The van der Waals surface area contributed by atoms with Gasteiger partial charge in [-0.15, -0.1) is 0 Å². The van der Waals surface area contributed by atoms with Crippen LogP contribution < -0.4 is 4.57 Å². The molecule has 16 heavy (non-hydrogen) atoms. The van der Waals surface area contributed by atoms with Crippen molar-refractivity contribution in [3.63, 3.8) is 0 Å². The SMILES string of the molecule is C[n+]1cnc2sc3c(c2c1Cl)C(C)(C)CC3. The predicted molar refractivity (Wildman–Crippen MR) is 67.2 cm³/mol. The molecule has 0 aromatic carbocycles. The maximum Gasteiger partial charge on any atom is 0.288 e. The lowest BCUT2D eigenvalue weighted by atomic mass is 9.86. The summed E-state index contributed by atoms with van der Waals surface area (Å²) in [4.78, 5) is 7.02. The molecule has 0 saturated carbocycles. The third kappa shape index (κ3) is 1.25. The molecule has 1 aliphatic rings. The van der Waals surface area contributed by atoms with Gasteiger partial charge in [-0.05, 0) is 40.4 Å². The summed E-state index contributed by atoms with van der Waals surface area (Å²) in [6, 6.07) is 0. The lowest BCUT2D eigenvalue weighted by molar-refractivity contribution is -0.670. The Morgan fingerprint density at radius 2 is 2.25 bits per heavy atom. The fourth-order valence-corrected chi connectivity index (χ4v) is 4.16. The van der Waals surface area contributed by atoms with Crippen LogP contribution in [0.2, 0.25) is 5.15 Å². The van der Waals surface area contributed by atoms with Crippen molar-refractivity contribution in [3.05, 3.63) is 21.9 Å². The molecule has 0 amide bonds. The van der Waals surface area contributed by atoms with Crippen LogP contribution in [-0.4, -0.2) is 4.98 Å². The minimum Gasteiger partial charge on any atom is -0.222 e. The monoisotopic (exact) mass is 253 g/mol. The van der Waals surface area contributed by atoms with E-state index in [0.717, 1.165) is 9.98 Å². The van der Waals surface area contributed by atoms with Crippen LogP contribution in [0, 0.1) is 0 Å². The Balaban J connectivity index is 2.46. The summed E-state index contributed by atoms with van der Waals surface area (Å²) in [6.45, 7) is 4.60. The lowest BCUT2D eigenvalue weighted by Gasteiger charge is -2.17. The first-order valence-corrected chi connectivity index (χ1v) is 6.66. The number of halogens is 1. The molecule has 3 rings (SSSR count). The molecule has 1 aliphatic carbocycles. The second-order valence-electron chi connectivity index (χ2n) is 5.11. The van der Waals surface area contributed by atoms with E-state index in [1.807, 2.05) is 11.6 Å². The first-order valence-electron chi connectivity index (χ1n) is 5.47. The average molecular weight is 254 g/mol. The van der Waals surface area contributed by atoms with Gasteiger partial charge >= 0.3 is 0 Å². The zero-order valence-electron chi connectivity index (χ0n) is 9.67. The standard InChI is InChI=1S/C12H14ClN2S/c1-12(2)5-4-7-9(12)8-10(13)15(3)6-14-11(8)16-7/h6H,4-5H2,1-3H3/q+1. The third-order valence-corrected chi connectivity index (χ3v) is 5.09. The molecule has 0 fully saturated rings. The highest BCUT2D eigenvalue weighted by Crippen LogP contribution is 2.47. The molecule has 0 spiro atoms. The van der Waals surface area contributed by atoms with Crippen LogP contribution in [0.3, 0.4) is 0 Å². The summed E-state index contributed by atoms with van der Waals surface area (Å²) < 4.78 is 1.89. The van der Waals surface area contributed by atoms with Gasteiger partial charge in [-0.25, -0.2) is 4.57 Å². The van der Waals surface area contributed by atoms with Crippen molar-refractivity contribution in [1.82, 2.24) is 4.98 Å². The number of hydrogen-bond donors (Lipinski definition) is 0. The summed E-state index contributed by atoms with van der Waals surface area (Å²) >= 11 is 8.21. The minimum absolute atomic E-state index is 0.243. The summed E-state index contributed by atoms with van der Waals surface area (Å²) in [6.07, 6.45) is 4.19. The molecule has 0 N–H and O–H groups in total. The summed E-state index contributed by atoms with van der Waals surface area (Å²) in [5.41, 5.74) is 1.67. The fraction of sp³-hybridized carbons (Fsp3) is 0.500. The van der Waals surface area contributed by atoms with Crippen molar-refractivity contribution >= 4 is 33.2 Å². The van der Waals surface area contributed by atoms with Crippen molar-refractivity contribution < 1.29 is 4.57 Å². The van der Waals surface area contributed by atoms with Gasteiger partial charge < -0.3 is 0 Å². The van der Waals surface area contributed by atoms with Gasteiger partial charge in [-0.1, -0.05) is 25.2 Å². The van der Waals surface area contributed by atoms with Gasteiger partial charge in [0.05, 0.1) is 7.05 Å². The number of aryl methyl sites for hydroxylation is 2. The van der Waals surface area contributed by atoms with E-state index in [1.54, 1.807) is 17.7 Å². The van der Waals surface area contributed by atoms with Crippen LogP contribution in [-0.2, 0) is 18.9 Å². The molecule has 2 heterocycles. The third-order valence-electron chi connectivity index (χ3n) is 3.48. The van der Waals surface area contributed by atoms with Crippen LogP contribution in [0.4, 0.5) is 0 Å². The number of nitrogens with zero attached hydrogens (tertiary/aromatic N) is 2. The topological polar surface area (TPSA) is 16.8 Å². The Hall–Kier alpha value is -0.670. The number of aromatic nitrogens is 2. The summed E-state index contributed by atoms with van der Waals surface area (Å²) in [5, 5.41) is 1.99. The van der Waals surface area contributed by atoms with Crippen molar-refractivity contribution in [1.29, 1.82) is 0 Å². The molecule has 4 heteroatoms. The van der Waals surface area contributed by atoms with Crippen LogP contribution in [0.15, 0.2) is 6.33 Å². The molecule has 2 aromatic heterocycles. The number of thiophene rings is 1. The van der Waals surface area contributed by atoms with Crippen molar-refractivity contribution in [2.45, 2.75) is 32.1 Å². The van der Waals surface area contributed by atoms with Crippen LogP contribution in [0.1, 0.15) is 30.7 Å². The largest absolute Gasteiger partial charge is 0.288 e. The predicted octanol–water partition coefficient (Wildman–Crippen LogP) is 3.00. The van der Waals surface area contributed by atoms with Gasteiger partial charge in [-0.3, -0.25) is 0 Å². The van der Waals surface area contributed by atoms with Crippen LogP contribution >= 0.6 is 22.9 Å². The Labute approximate surface area is 104 Å². The molecule has 0 saturated heterocycles. The Morgan fingerprint density at radius 1 is 1.50 bits per heavy atom. The van der Waals surface area contributed by atoms with E-state index >= 15 is 0 Å². The van der Waals surface area contributed by atoms with Gasteiger partial charge in [-0.2, -0.15) is 0 Å². The van der Waals surface area contributed by atoms with E-state index in [-0.39, 0.29) is 5.41 Å². The van der Waals surface area contributed by atoms with Gasteiger partial charge in [0, 0.05) is 4.88 Å². The molecule has 84 valence electrons. The smallest absolute Gasteiger partial charge is 0.222 e. The van der Waals surface area contributed by atoms with E-state index in [0.29, 0.717) is 0 Å². The zero-order chi connectivity index (χ0) is 11.5.